The van der Waals surface area contributed by atoms with Crippen LogP contribution in [0.3, 0.4) is 0 Å². The number of fused-ring (bicyclic) bond motifs is 1. The minimum Gasteiger partial charge on any atom is -0.365 e. The van der Waals surface area contributed by atoms with Gasteiger partial charge in [-0.25, -0.2) is 23.1 Å². The lowest BCUT2D eigenvalue weighted by Gasteiger charge is -2.31. The zero-order valence-electron chi connectivity index (χ0n) is 17.9. The number of anilines is 1. The van der Waals surface area contributed by atoms with Gasteiger partial charge >= 0.3 is 0 Å². The number of nitrogens with zero attached hydrogens (tertiary/aromatic N) is 2. The minimum atomic E-state index is -0.722. The molecule has 174 valence electrons. The molecule has 7 nitrogen and oxygen atoms in total. The van der Waals surface area contributed by atoms with Gasteiger partial charge in [0.2, 0.25) is 5.91 Å². The molecule has 1 aliphatic carbocycles. The van der Waals surface area contributed by atoms with Gasteiger partial charge in [-0.3, -0.25) is 4.79 Å². The van der Waals surface area contributed by atoms with E-state index in [1.165, 1.54) is 12.3 Å². The number of benzene rings is 1. The molecule has 10 heteroatoms. The van der Waals surface area contributed by atoms with E-state index < -0.39 is 17.5 Å². The molecule has 1 aliphatic heterocycles. The molecule has 5 rings (SSSR count). The van der Waals surface area contributed by atoms with Crippen molar-refractivity contribution in [1.29, 1.82) is 0 Å². The van der Waals surface area contributed by atoms with Crippen molar-refractivity contribution in [3.63, 3.8) is 0 Å². The van der Waals surface area contributed by atoms with Crippen LogP contribution in [0.5, 0.6) is 0 Å². The quantitative estimate of drug-likeness (QED) is 0.469. The van der Waals surface area contributed by atoms with E-state index in [1.54, 1.807) is 0 Å². The Kier molecular flexibility index (Phi) is 5.92. The maximum atomic E-state index is 14.5. The van der Waals surface area contributed by atoms with Crippen LogP contribution in [-0.4, -0.2) is 45.5 Å². The van der Waals surface area contributed by atoms with Crippen LogP contribution in [0, 0.1) is 17.5 Å². The van der Waals surface area contributed by atoms with Gasteiger partial charge < -0.3 is 20.9 Å². The fraction of sp³-hybridized carbons (Fsp3) is 0.435. The van der Waals surface area contributed by atoms with Crippen molar-refractivity contribution < 1.29 is 18.0 Å². The number of aromatic amines is 1. The highest BCUT2D eigenvalue weighted by Crippen LogP contribution is 2.30. The number of nitrogens with one attached hydrogen (secondary N) is 4. The predicted octanol–water partition coefficient (Wildman–Crippen LogP) is 3.63. The van der Waals surface area contributed by atoms with E-state index in [1.807, 2.05) is 0 Å². The molecular formula is C23H25F3N6O. The third-order valence-electron chi connectivity index (χ3n) is 6.43. The first-order valence-corrected chi connectivity index (χ1v) is 11.3. The SMILES string of the molecule is O=C(N[C@@H]1CCC[C@H](Nc2nc(-c3c[nH]c4c(F)cc(F)cc34)ncc2F)C1)C1CCCN1. The Morgan fingerprint density at radius 2 is 1.91 bits per heavy atom. The van der Waals surface area contributed by atoms with Crippen LogP contribution in [0.1, 0.15) is 38.5 Å². The Bertz CT molecular complexity index is 1180. The highest BCUT2D eigenvalue weighted by molar-refractivity contribution is 5.94. The summed E-state index contributed by atoms with van der Waals surface area (Å²) in [7, 11) is 0. The summed E-state index contributed by atoms with van der Waals surface area (Å²) in [6.07, 6.45) is 7.61. The summed E-state index contributed by atoms with van der Waals surface area (Å²) >= 11 is 0. The monoisotopic (exact) mass is 458 g/mol. The molecule has 3 atom stereocenters. The number of rotatable bonds is 5. The van der Waals surface area contributed by atoms with Crippen LogP contribution in [-0.2, 0) is 4.79 Å². The Balaban J connectivity index is 1.32. The Morgan fingerprint density at radius 1 is 1.06 bits per heavy atom. The summed E-state index contributed by atoms with van der Waals surface area (Å²) < 4.78 is 42.3. The van der Waals surface area contributed by atoms with Gasteiger partial charge in [0.1, 0.15) is 11.6 Å². The van der Waals surface area contributed by atoms with Gasteiger partial charge in [-0.1, -0.05) is 0 Å². The number of carbonyl (C=O) groups is 1. The zero-order valence-corrected chi connectivity index (χ0v) is 17.9. The molecule has 33 heavy (non-hydrogen) atoms. The van der Waals surface area contributed by atoms with Crippen molar-refractivity contribution in [2.75, 3.05) is 11.9 Å². The summed E-state index contributed by atoms with van der Waals surface area (Å²) in [6, 6.07) is 1.79. The van der Waals surface area contributed by atoms with E-state index >= 15 is 0 Å². The summed E-state index contributed by atoms with van der Waals surface area (Å²) in [6.45, 7) is 0.859. The molecule has 0 radical (unpaired) electrons. The molecule has 4 N–H and O–H groups in total. The van der Waals surface area contributed by atoms with Gasteiger partial charge in [0.15, 0.2) is 17.5 Å². The average Bonchev–Trinajstić information content (AvgIpc) is 3.46. The Labute approximate surface area is 188 Å². The standard InChI is InChI=1S/C23H25F3N6O/c24-12-7-15-16(10-28-20(15)17(25)8-12)21-29-11-18(26)22(32-21)30-13-3-1-4-14(9-13)31-23(33)19-5-2-6-27-19/h7-8,10-11,13-14,19,27-28H,1-6,9H2,(H,31,33)(H,29,30,32)/t13-,14+,19?/m0/s1. The third-order valence-corrected chi connectivity index (χ3v) is 6.43. The fourth-order valence-corrected chi connectivity index (χ4v) is 4.79. The highest BCUT2D eigenvalue weighted by atomic mass is 19.1. The maximum Gasteiger partial charge on any atom is 0.237 e. The second kappa shape index (κ2) is 9.01. The first-order valence-electron chi connectivity index (χ1n) is 11.3. The fourth-order valence-electron chi connectivity index (χ4n) is 4.79. The van der Waals surface area contributed by atoms with Crippen LogP contribution in [0.15, 0.2) is 24.5 Å². The van der Waals surface area contributed by atoms with Gasteiger partial charge in [0.25, 0.3) is 0 Å². The van der Waals surface area contributed by atoms with Gasteiger partial charge in [-0.15, -0.1) is 0 Å². The predicted molar refractivity (Wildman–Crippen MR) is 118 cm³/mol. The van der Waals surface area contributed by atoms with E-state index in [-0.39, 0.29) is 46.6 Å². The van der Waals surface area contributed by atoms with E-state index in [4.69, 9.17) is 0 Å². The summed E-state index contributed by atoms with van der Waals surface area (Å²) in [5, 5.41) is 9.74. The van der Waals surface area contributed by atoms with Crippen molar-refractivity contribution in [3.05, 3.63) is 42.0 Å². The molecule has 1 saturated heterocycles. The van der Waals surface area contributed by atoms with Crippen LogP contribution in [0.4, 0.5) is 19.0 Å². The molecule has 1 saturated carbocycles. The first-order chi connectivity index (χ1) is 16.0. The third kappa shape index (κ3) is 4.52. The van der Waals surface area contributed by atoms with Crippen LogP contribution >= 0.6 is 0 Å². The zero-order chi connectivity index (χ0) is 22.9. The summed E-state index contributed by atoms with van der Waals surface area (Å²) in [4.78, 5) is 23.5. The molecule has 1 amide bonds. The van der Waals surface area contributed by atoms with Gasteiger partial charge in [-0.2, -0.15) is 0 Å². The molecule has 1 aromatic carbocycles. The van der Waals surface area contributed by atoms with Crippen molar-refractivity contribution in [1.82, 2.24) is 25.6 Å². The van der Waals surface area contributed by atoms with Gasteiger partial charge in [-0.05, 0) is 51.1 Å². The van der Waals surface area contributed by atoms with E-state index in [2.05, 4.69) is 30.9 Å². The molecule has 1 unspecified atom stereocenters. The number of hydrogen-bond acceptors (Lipinski definition) is 5. The Hall–Kier alpha value is -3.14. The normalized spacial score (nSPS) is 23.1. The van der Waals surface area contributed by atoms with E-state index in [0.29, 0.717) is 12.0 Å². The number of aromatic nitrogens is 3. The van der Waals surface area contributed by atoms with Crippen LogP contribution in [0.25, 0.3) is 22.3 Å². The lowest BCUT2D eigenvalue weighted by Crippen LogP contribution is -2.48. The van der Waals surface area contributed by atoms with E-state index in [9.17, 15) is 18.0 Å². The molecule has 0 bridgehead atoms. The molecular weight excluding hydrogens is 433 g/mol. The smallest absolute Gasteiger partial charge is 0.237 e. The summed E-state index contributed by atoms with van der Waals surface area (Å²) in [5.74, 6) is -1.85. The second-order valence-corrected chi connectivity index (χ2v) is 8.76. The van der Waals surface area contributed by atoms with Crippen molar-refractivity contribution >= 4 is 22.6 Å². The molecule has 2 aromatic heterocycles. The second-order valence-electron chi connectivity index (χ2n) is 8.76. The van der Waals surface area contributed by atoms with Gasteiger partial charge in [0, 0.05) is 35.3 Å². The minimum absolute atomic E-state index is 0.00934. The maximum absolute atomic E-state index is 14.5. The van der Waals surface area contributed by atoms with Gasteiger partial charge in [0.05, 0.1) is 17.8 Å². The van der Waals surface area contributed by atoms with Crippen LogP contribution in [0.2, 0.25) is 0 Å². The topological polar surface area (TPSA) is 94.7 Å². The van der Waals surface area contributed by atoms with Crippen LogP contribution < -0.4 is 16.0 Å². The molecule has 2 aliphatic rings. The van der Waals surface area contributed by atoms with Crippen molar-refractivity contribution in [3.8, 4) is 11.4 Å². The number of carbonyl (C=O) groups excluding carboxylic acids is 1. The number of halogens is 3. The molecule has 0 spiro atoms. The summed E-state index contributed by atoms with van der Waals surface area (Å²) in [5.41, 5.74) is 0.515. The lowest BCUT2D eigenvalue weighted by molar-refractivity contribution is -0.123. The first kappa shape index (κ1) is 21.7. The lowest BCUT2D eigenvalue weighted by atomic mass is 9.90. The van der Waals surface area contributed by atoms with Crippen molar-refractivity contribution in [2.24, 2.45) is 0 Å². The largest absolute Gasteiger partial charge is 0.365 e. The molecule has 3 heterocycles. The van der Waals surface area contributed by atoms with Crippen molar-refractivity contribution in [2.45, 2.75) is 56.7 Å². The molecule has 2 fully saturated rings. The highest BCUT2D eigenvalue weighted by Gasteiger charge is 2.28. The Morgan fingerprint density at radius 3 is 2.73 bits per heavy atom. The average molecular weight is 458 g/mol. The number of hydrogen-bond donors (Lipinski definition) is 4. The number of H-pyrrole nitrogens is 1. The van der Waals surface area contributed by atoms with E-state index in [0.717, 1.165) is 50.9 Å². The molecule has 3 aromatic rings. The number of amides is 1.